The highest BCUT2D eigenvalue weighted by molar-refractivity contribution is 6.30. The van der Waals surface area contributed by atoms with Gasteiger partial charge in [-0.2, -0.15) is 0 Å². The highest BCUT2D eigenvalue weighted by Crippen LogP contribution is 2.41. The quantitative estimate of drug-likeness (QED) is 0.251. The third-order valence-corrected chi connectivity index (χ3v) is 6.59. The molecule has 4 aromatic rings. The van der Waals surface area contributed by atoms with E-state index in [2.05, 4.69) is 11.8 Å². The lowest BCUT2D eigenvalue weighted by molar-refractivity contribution is -0.160. The van der Waals surface area contributed by atoms with E-state index in [1.54, 1.807) is 19.1 Å². The van der Waals surface area contributed by atoms with Crippen LogP contribution < -0.4 is 0 Å². The smallest absolute Gasteiger partial charge is 0.337 e. The van der Waals surface area contributed by atoms with Crippen LogP contribution in [0.25, 0.3) is 21.9 Å². The van der Waals surface area contributed by atoms with Crippen molar-refractivity contribution >= 4 is 28.3 Å². The number of carbonyl (C=O) groups is 1. The molecule has 4 aromatic carbocycles. The second-order valence-electron chi connectivity index (χ2n) is 10.7. The summed E-state index contributed by atoms with van der Waals surface area (Å²) in [5.74, 6) is 4.44. The lowest BCUT2D eigenvalue weighted by atomic mass is 9.86. The summed E-state index contributed by atoms with van der Waals surface area (Å²) in [5.41, 5.74) is 1.72. The molecule has 0 bridgehead atoms. The Balaban J connectivity index is 1.95. The fraction of sp³-hybridized carbons (Fsp3) is 0.242. The molecule has 4 nitrogen and oxygen atoms in total. The number of rotatable bonds is 5. The standard InChI is InChI=1S/C33H30ClFO4/c1-20-18-23-7-6-21(16-17-33(5,38)24-10-14-26(35)15-11-24)19-27(23)29(22-8-12-25(34)13-9-22)28(20)30(31(36)37)39-32(2,3)4/h6-15,18-19,30,38H,1-5H3,(H,36,37). The second kappa shape index (κ2) is 10.8. The van der Waals surface area contributed by atoms with E-state index in [-0.39, 0.29) is 0 Å². The van der Waals surface area contributed by atoms with E-state index in [1.807, 2.05) is 64.1 Å². The van der Waals surface area contributed by atoms with E-state index in [0.717, 1.165) is 21.9 Å². The van der Waals surface area contributed by atoms with Crippen LogP contribution in [0, 0.1) is 24.6 Å². The number of fused-ring (bicyclic) bond motifs is 1. The van der Waals surface area contributed by atoms with Crippen LogP contribution in [-0.4, -0.2) is 21.8 Å². The third kappa shape index (κ3) is 6.49. The molecule has 6 heteroatoms. The van der Waals surface area contributed by atoms with Gasteiger partial charge in [-0.25, -0.2) is 9.18 Å². The molecule has 0 saturated heterocycles. The molecule has 0 heterocycles. The first-order valence-corrected chi connectivity index (χ1v) is 12.9. The molecule has 0 amide bonds. The van der Waals surface area contributed by atoms with E-state index >= 15 is 0 Å². The molecule has 2 atom stereocenters. The van der Waals surface area contributed by atoms with Crippen molar-refractivity contribution in [3.05, 3.63) is 106 Å². The van der Waals surface area contributed by atoms with Crippen LogP contribution in [0.5, 0.6) is 0 Å². The summed E-state index contributed by atoms with van der Waals surface area (Å²) in [6, 6.07) is 20.4. The number of aliphatic carboxylic acids is 1. The highest BCUT2D eigenvalue weighted by Gasteiger charge is 2.31. The van der Waals surface area contributed by atoms with Crippen LogP contribution in [0.1, 0.15) is 56.1 Å². The monoisotopic (exact) mass is 544 g/mol. The Morgan fingerprint density at radius 1 is 0.974 bits per heavy atom. The summed E-state index contributed by atoms with van der Waals surface area (Å²) in [4.78, 5) is 12.5. The van der Waals surface area contributed by atoms with Crippen LogP contribution >= 0.6 is 11.6 Å². The van der Waals surface area contributed by atoms with Gasteiger partial charge in [0, 0.05) is 16.1 Å². The molecule has 0 aromatic heterocycles. The zero-order valence-corrected chi connectivity index (χ0v) is 23.2. The van der Waals surface area contributed by atoms with E-state index in [9.17, 15) is 19.4 Å². The van der Waals surface area contributed by atoms with E-state index in [0.29, 0.717) is 27.3 Å². The van der Waals surface area contributed by atoms with E-state index in [1.165, 1.54) is 24.3 Å². The van der Waals surface area contributed by atoms with Gasteiger partial charge in [0.25, 0.3) is 0 Å². The normalized spacial score (nSPS) is 13.8. The number of carboxylic acids is 1. The SMILES string of the molecule is Cc1cc2ccc(C#CC(C)(O)c3ccc(F)cc3)cc2c(-c2ccc(Cl)cc2)c1C(OC(C)(C)C)C(=O)O. The fourth-order valence-electron chi connectivity index (χ4n) is 4.52. The first-order valence-electron chi connectivity index (χ1n) is 12.5. The van der Waals surface area contributed by atoms with Crippen LogP contribution in [0.2, 0.25) is 5.02 Å². The van der Waals surface area contributed by atoms with E-state index < -0.39 is 29.1 Å². The molecule has 0 fully saturated rings. The first kappa shape index (κ1) is 28.3. The van der Waals surface area contributed by atoms with Crippen molar-refractivity contribution in [1.82, 2.24) is 0 Å². The van der Waals surface area contributed by atoms with Gasteiger partial charge in [0.05, 0.1) is 5.60 Å². The summed E-state index contributed by atoms with van der Waals surface area (Å²) in [6.07, 6.45) is -1.21. The molecule has 2 unspecified atom stereocenters. The van der Waals surface area contributed by atoms with Crippen molar-refractivity contribution in [2.45, 2.75) is 51.9 Å². The zero-order chi connectivity index (χ0) is 28.5. The van der Waals surface area contributed by atoms with Gasteiger partial charge in [0.2, 0.25) is 0 Å². The van der Waals surface area contributed by atoms with Crippen molar-refractivity contribution in [1.29, 1.82) is 0 Å². The second-order valence-corrected chi connectivity index (χ2v) is 11.1. The molecular weight excluding hydrogens is 515 g/mol. The predicted octanol–water partition coefficient (Wildman–Crippen LogP) is 7.81. The molecule has 0 radical (unpaired) electrons. The van der Waals surface area contributed by atoms with Gasteiger partial charge >= 0.3 is 5.97 Å². The molecule has 0 aliphatic rings. The Morgan fingerprint density at radius 2 is 1.62 bits per heavy atom. The van der Waals surface area contributed by atoms with Gasteiger partial charge in [-0.3, -0.25) is 0 Å². The molecule has 0 saturated carbocycles. The number of hydrogen-bond acceptors (Lipinski definition) is 3. The van der Waals surface area contributed by atoms with Crippen LogP contribution in [0.3, 0.4) is 0 Å². The maximum Gasteiger partial charge on any atom is 0.337 e. The van der Waals surface area contributed by atoms with Gasteiger partial charge < -0.3 is 14.9 Å². The molecule has 39 heavy (non-hydrogen) atoms. The zero-order valence-electron chi connectivity index (χ0n) is 22.5. The van der Waals surface area contributed by atoms with Gasteiger partial charge in [-0.05, 0) is 104 Å². The Bertz CT molecular complexity index is 1590. The Labute approximate surface area is 233 Å². The molecule has 2 N–H and O–H groups in total. The average molecular weight is 545 g/mol. The minimum absolute atomic E-state index is 0.395. The summed E-state index contributed by atoms with van der Waals surface area (Å²) in [7, 11) is 0. The lowest BCUT2D eigenvalue weighted by Gasteiger charge is -2.28. The molecule has 0 aliphatic heterocycles. The molecular formula is C33H30ClFO4. The Kier molecular flexibility index (Phi) is 7.86. The van der Waals surface area contributed by atoms with Gasteiger partial charge in [-0.15, -0.1) is 0 Å². The Hall–Kier alpha value is -3.69. The van der Waals surface area contributed by atoms with Crippen LogP contribution in [0.15, 0.2) is 72.8 Å². The summed E-state index contributed by atoms with van der Waals surface area (Å²) in [5, 5.41) is 23.4. The first-order chi connectivity index (χ1) is 18.2. The van der Waals surface area contributed by atoms with Crippen molar-refractivity contribution in [2.24, 2.45) is 0 Å². The summed E-state index contributed by atoms with van der Waals surface area (Å²) in [6.45, 7) is 8.89. The lowest BCUT2D eigenvalue weighted by Crippen LogP contribution is -2.28. The predicted molar refractivity (Wildman–Crippen MR) is 153 cm³/mol. The van der Waals surface area contributed by atoms with Gasteiger partial charge in [0.1, 0.15) is 11.4 Å². The number of carboxylic acid groups (broad SMARTS) is 1. The van der Waals surface area contributed by atoms with Crippen molar-refractivity contribution in [2.75, 3.05) is 0 Å². The summed E-state index contributed by atoms with van der Waals surface area (Å²) < 4.78 is 19.4. The number of ether oxygens (including phenoxy) is 1. The van der Waals surface area contributed by atoms with Crippen LogP contribution in [-0.2, 0) is 15.1 Å². The number of benzene rings is 4. The third-order valence-electron chi connectivity index (χ3n) is 6.34. The summed E-state index contributed by atoms with van der Waals surface area (Å²) >= 11 is 6.18. The van der Waals surface area contributed by atoms with Gasteiger partial charge in [0.15, 0.2) is 6.10 Å². The molecule has 200 valence electrons. The molecule has 4 rings (SSSR count). The maximum atomic E-state index is 13.4. The van der Waals surface area contributed by atoms with Crippen LogP contribution in [0.4, 0.5) is 4.39 Å². The van der Waals surface area contributed by atoms with Gasteiger partial charge in [-0.1, -0.05) is 59.8 Å². The largest absolute Gasteiger partial charge is 0.479 e. The average Bonchev–Trinajstić information content (AvgIpc) is 2.86. The number of halogens is 2. The van der Waals surface area contributed by atoms with E-state index in [4.69, 9.17) is 16.3 Å². The maximum absolute atomic E-state index is 13.4. The minimum atomic E-state index is -1.50. The van der Waals surface area contributed by atoms with Crippen molar-refractivity contribution in [3.8, 4) is 23.0 Å². The highest BCUT2D eigenvalue weighted by atomic mass is 35.5. The number of aliphatic hydroxyl groups is 1. The fourth-order valence-corrected chi connectivity index (χ4v) is 4.65. The van der Waals surface area contributed by atoms with Crippen molar-refractivity contribution in [3.63, 3.8) is 0 Å². The van der Waals surface area contributed by atoms with Crippen molar-refractivity contribution < 1.29 is 24.1 Å². The number of hydrogen-bond donors (Lipinski definition) is 2. The Morgan fingerprint density at radius 3 is 2.21 bits per heavy atom. The molecule has 0 spiro atoms. The minimum Gasteiger partial charge on any atom is -0.479 e. The molecule has 0 aliphatic carbocycles. The number of aryl methyl sites for hydroxylation is 1. The topological polar surface area (TPSA) is 66.8 Å².